The van der Waals surface area contributed by atoms with Crippen LogP contribution in [0, 0.1) is 5.92 Å². The van der Waals surface area contributed by atoms with Crippen LogP contribution in [0.1, 0.15) is 46.5 Å². The number of hydrogen-bond donors (Lipinski definition) is 7. The maximum Gasteiger partial charge on any atom is 0.326 e. The van der Waals surface area contributed by atoms with Gasteiger partial charge in [0.2, 0.25) is 17.7 Å². The number of unbranched alkanes of at least 4 members (excludes halogenated alkanes) is 1. The van der Waals surface area contributed by atoms with Gasteiger partial charge in [-0.05, 0) is 45.1 Å². The van der Waals surface area contributed by atoms with Crippen molar-refractivity contribution in [2.24, 2.45) is 17.4 Å². The average molecular weight is 418 g/mol. The van der Waals surface area contributed by atoms with Gasteiger partial charge >= 0.3 is 5.97 Å². The standard InChI is InChI=1S/C18H35N5O6/c1-10(2)8-12(20)16(26)21-9-14(25)23-15(11(3)24)17(27)22-13(18(28)29)6-4-5-7-19/h10-13,15,24H,4-9,19-20H2,1-3H3,(H,21,26)(H,22,27)(H,23,25)(H,28,29). The molecule has 0 bridgehead atoms. The average Bonchev–Trinajstić information content (AvgIpc) is 2.62. The van der Waals surface area contributed by atoms with E-state index in [1.54, 1.807) is 0 Å². The summed E-state index contributed by atoms with van der Waals surface area (Å²) in [5, 5.41) is 26.0. The zero-order chi connectivity index (χ0) is 22.6. The van der Waals surface area contributed by atoms with Crippen LogP contribution in [0.25, 0.3) is 0 Å². The molecule has 0 fully saturated rings. The number of carbonyl (C=O) groups excluding carboxylic acids is 3. The van der Waals surface area contributed by atoms with E-state index in [0.29, 0.717) is 25.8 Å². The van der Waals surface area contributed by atoms with Gasteiger partial charge in [-0.15, -0.1) is 0 Å². The maximum absolute atomic E-state index is 12.4. The molecule has 11 nitrogen and oxygen atoms in total. The van der Waals surface area contributed by atoms with Crippen molar-refractivity contribution in [3.05, 3.63) is 0 Å². The van der Waals surface area contributed by atoms with Gasteiger partial charge in [0.05, 0.1) is 18.7 Å². The smallest absolute Gasteiger partial charge is 0.326 e. The summed E-state index contributed by atoms with van der Waals surface area (Å²) in [5.41, 5.74) is 11.1. The largest absolute Gasteiger partial charge is 0.480 e. The fourth-order valence-electron chi connectivity index (χ4n) is 2.55. The summed E-state index contributed by atoms with van der Waals surface area (Å²) in [5.74, 6) is -3.07. The van der Waals surface area contributed by atoms with E-state index < -0.39 is 54.5 Å². The van der Waals surface area contributed by atoms with Gasteiger partial charge in [-0.1, -0.05) is 13.8 Å². The number of rotatable bonds is 14. The van der Waals surface area contributed by atoms with Crippen LogP contribution >= 0.6 is 0 Å². The molecular weight excluding hydrogens is 382 g/mol. The van der Waals surface area contributed by atoms with Crippen LogP contribution in [0.5, 0.6) is 0 Å². The summed E-state index contributed by atoms with van der Waals surface area (Å²) in [6, 6.07) is -3.30. The minimum Gasteiger partial charge on any atom is -0.480 e. The zero-order valence-electron chi connectivity index (χ0n) is 17.3. The van der Waals surface area contributed by atoms with Crippen LogP contribution in [0.2, 0.25) is 0 Å². The Kier molecular flexibility index (Phi) is 12.8. The lowest BCUT2D eigenvalue weighted by Crippen LogP contribution is -2.57. The Morgan fingerprint density at radius 1 is 1.00 bits per heavy atom. The number of aliphatic carboxylic acids is 1. The van der Waals surface area contributed by atoms with Crippen molar-refractivity contribution >= 4 is 23.7 Å². The Hall–Kier alpha value is -2.24. The molecule has 0 rings (SSSR count). The van der Waals surface area contributed by atoms with Crippen LogP contribution in [0.15, 0.2) is 0 Å². The van der Waals surface area contributed by atoms with Gasteiger partial charge in [0.1, 0.15) is 12.1 Å². The molecule has 0 heterocycles. The summed E-state index contributed by atoms with van der Waals surface area (Å²) in [6.45, 7) is 5.07. The van der Waals surface area contributed by atoms with Crippen molar-refractivity contribution in [1.29, 1.82) is 0 Å². The van der Waals surface area contributed by atoms with E-state index in [9.17, 15) is 29.4 Å². The SMILES string of the molecule is CC(C)CC(N)C(=O)NCC(=O)NC(C(=O)NC(CCCCN)C(=O)O)C(C)O. The normalized spacial score (nSPS) is 15.1. The predicted molar refractivity (Wildman–Crippen MR) is 107 cm³/mol. The Bertz CT molecular complexity index is 555. The van der Waals surface area contributed by atoms with Crippen molar-refractivity contribution in [3.8, 4) is 0 Å². The third-order valence-corrected chi connectivity index (χ3v) is 4.13. The molecule has 4 unspecified atom stereocenters. The minimum absolute atomic E-state index is 0.169. The Balaban J connectivity index is 4.75. The molecule has 0 spiro atoms. The second-order valence-electron chi connectivity index (χ2n) is 7.42. The quantitative estimate of drug-likeness (QED) is 0.158. The van der Waals surface area contributed by atoms with Gasteiger partial charge in [-0.3, -0.25) is 14.4 Å². The fraction of sp³-hybridized carbons (Fsp3) is 0.778. The first-order valence-electron chi connectivity index (χ1n) is 9.73. The number of carboxylic acids is 1. The van der Waals surface area contributed by atoms with Crippen LogP contribution in [-0.4, -0.2) is 71.2 Å². The minimum atomic E-state index is -1.37. The van der Waals surface area contributed by atoms with Crippen LogP contribution in [0.4, 0.5) is 0 Å². The van der Waals surface area contributed by atoms with Gasteiger partial charge in [-0.25, -0.2) is 4.79 Å². The number of carboxylic acid groups (broad SMARTS) is 1. The summed E-state index contributed by atoms with van der Waals surface area (Å²) in [4.78, 5) is 47.6. The summed E-state index contributed by atoms with van der Waals surface area (Å²) < 4.78 is 0. The van der Waals surface area contributed by atoms with Crippen LogP contribution in [-0.2, 0) is 19.2 Å². The van der Waals surface area contributed by atoms with Crippen LogP contribution < -0.4 is 27.4 Å². The molecule has 0 aliphatic carbocycles. The third-order valence-electron chi connectivity index (χ3n) is 4.13. The zero-order valence-corrected chi connectivity index (χ0v) is 17.3. The molecule has 9 N–H and O–H groups in total. The number of hydrogen-bond acceptors (Lipinski definition) is 7. The lowest BCUT2D eigenvalue weighted by molar-refractivity contribution is -0.143. The molecule has 0 aliphatic rings. The number of carbonyl (C=O) groups is 4. The highest BCUT2D eigenvalue weighted by Crippen LogP contribution is 2.04. The molecule has 4 atom stereocenters. The van der Waals surface area contributed by atoms with Gasteiger partial charge in [0.25, 0.3) is 0 Å². The third kappa shape index (κ3) is 11.4. The lowest BCUT2D eigenvalue weighted by Gasteiger charge is -2.23. The van der Waals surface area contributed by atoms with Crippen molar-refractivity contribution < 1.29 is 29.4 Å². The van der Waals surface area contributed by atoms with Gasteiger partial charge in [0.15, 0.2) is 0 Å². The highest BCUT2D eigenvalue weighted by Gasteiger charge is 2.29. The number of amides is 3. The molecule has 0 aromatic carbocycles. The Labute approximate surface area is 171 Å². The molecule has 0 saturated carbocycles. The number of aliphatic hydroxyl groups is 1. The summed E-state index contributed by atoms with van der Waals surface area (Å²) in [6.07, 6.45) is 0.447. The predicted octanol–water partition coefficient (Wildman–Crippen LogP) is -1.96. The maximum atomic E-state index is 12.4. The van der Waals surface area contributed by atoms with E-state index in [1.807, 2.05) is 13.8 Å². The molecule has 0 aromatic heterocycles. The number of nitrogens with two attached hydrogens (primary N) is 2. The lowest BCUT2D eigenvalue weighted by atomic mass is 10.0. The molecule has 11 heteroatoms. The van der Waals surface area contributed by atoms with Gasteiger partial charge < -0.3 is 37.6 Å². The second-order valence-corrected chi connectivity index (χ2v) is 7.42. The topological polar surface area (TPSA) is 197 Å². The van der Waals surface area contributed by atoms with Crippen molar-refractivity contribution in [1.82, 2.24) is 16.0 Å². The molecule has 29 heavy (non-hydrogen) atoms. The highest BCUT2D eigenvalue weighted by molar-refractivity contribution is 5.92. The first-order chi connectivity index (χ1) is 13.5. The second kappa shape index (κ2) is 13.9. The summed E-state index contributed by atoms with van der Waals surface area (Å²) >= 11 is 0. The van der Waals surface area contributed by atoms with E-state index in [1.165, 1.54) is 6.92 Å². The molecule has 0 saturated heterocycles. The van der Waals surface area contributed by atoms with Crippen molar-refractivity contribution in [2.45, 2.75) is 70.7 Å². The van der Waals surface area contributed by atoms with Gasteiger partial charge in [-0.2, -0.15) is 0 Å². The fourth-order valence-corrected chi connectivity index (χ4v) is 2.55. The monoisotopic (exact) mass is 417 g/mol. The van der Waals surface area contributed by atoms with E-state index >= 15 is 0 Å². The van der Waals surface area contributed by atoms with E-state index in [2.05, 4.69) is 16.0 Å². The van der Waals surface area contributed by atoms with Crippen molar-refractivity contribution in [2.75, 3.05) is 13.1 Å². The molecule has 0 aliphatic heterocycles. The highest BCUT2D eigenvalue weighted by atomic mass is 16.4. The Morgan fingerprint density at radius 3 is 2.10 bits per heavy atom. The first kappa shape index (κ1) is 26.8. The molecule has 3 amide bonds. The summed E-state index contributed by atoms with van der Waals surface area (Å²) in [7, 11) is 0. The Morgan fingerprint density at radius 2 is 1.62 bits per heavy atom. The molecule has 0 aromatic rings. The van der Waals surface area contributed by atoms with E-state index in [-0.39, 0.29) is 12.3 Å². The van der Waals surface area contributed by atoms with Crippen molar-refractivity contribution in [3.63, 3.8) is 0 Å². The van der Waals surface area contributed by atoms with Gasteiger partial charge in [0, 0.05) is 0 Å². The molecule has 0 radical (unpaired) electrons. The number of aliphatic hydroxyl groups excluding tert-OH is 1. The first-order valence-corrected chi connectivity index (χ1v) is 9.73. The molecular formula is C18H35N5O6. The van der Waals surface area contributed by atoms with E-state index in [4.69, 9.17) is 11.5 Å². The van der Waals surface area contributed by atoms with Crippen LogP contribution in [0.3, 0.4) is 0 Å². The van der Waals surface area contributed by atoms with E-state index in [0.717, 1.165) is 0 Å². The number of nitrogens with one attached hydrogen (secondary N) is 3. The molecule has 168 valence electrons.